The zero-order chi connectivity index (χ0) is 23.3. The molecule has 0 saturated carbocycles. The number of benzene rings is 1. The Morgan fingerprint density at radius 2 is 2.06 bits per heavy atom. The van der Waals surface area contributed by atoms with Gasteiger partial charge in [0.1, 0.15) is 12.3 Å². The van der Waals surface area contributed by atoms with Gasteiger partial charge in [-0.3, -0.25) is 9.48 Å². The minimum atomic E-state index is -4.36. The summed E-state index contributed by atoms with van der Waals surface area (Å²) in [5.74, 6) is 0.610. The minimum Gasteiger partial charge on any atom is -0.423 e. The van der Waals surface area contributed by atoms with Crippen LogP contribution in [0.3, 0.4) is 0 Å². The highest BCUT2D eigenvalue weighted by Crippen LogP contribution is 2.31. The van der Waals surface area contributed by atoms with Crippen LogP contribution < -0.4 is 5.32 Å². The molecule has 1 atom stereocenters. The van der Waals surface area contributed by atoms with Crippen molar-refractivity contribution in [3.8, 4) is 11.5 Å². The number of amides is 1. The second-order valence-corrected chi connectivity index (χ2v) is 6.88. The Kier molecular flexibility index (Phi) is 6.93. The number of likely N-dealkylation sites (tertiary alicyclic amines) is 1. The maximum Gasteiger partial charge on any atom is 0.416 e. The van der Waals surface area contributed by atoms with Crippen LogP contribution in [0.1, 0.15) is 12.0 Å². The quantitative estimate of drug-likeness (QED) is 0.575. The molecule has 12 heteroatoms. The maximum absolute atomic E-state index is 12.5. The average Bonchev–Trinajstić information content (AvgIpc) is 3.48. The molecular formula is C20H21F3N6O3. The fourth-order valence-corrected chi connectivity index (χ4v) is 3.03. The van der Waals surface area contributed by atoms with E-state index in [0.29, 0.717) is 23.6 Å². The highest BCUT2D eigenvalue weighted by molar-refractivity contribution is 5.82. The van der Waals surface area contributed by atoms with Crippen LogP contribution in [0.2, 0.25) is 0 Å². The molecule has 1 aromatic carbocycles. The molecule has 3 heterocycles. The Morgan fingerprint density at radius 1 is 1.34 bits per heavy atom. The zero-order valence-electron chi connectivity index (χ0n) is 17.1. The van der Waals surface area contributed by atoms with Crippen molar-refractivity contribution >= 4 is 17.4 Å². The molecule has 2 N–H and O–H groups in total. The molecular weight excluding hydrogens is 429 g/mol. The van der Waals surface area contributed by atoms with E-state index in [1.807, 2.05) is 0 Å². The molecule has 2 aromatic heterocycles. The van der Waals surface area contributed by atoms with Crippen molar-refractivity contribution in [1.82, 2.24) is 24.9 Å². The number of carbonyl (C=O) groups excluding carboxylic acids is 1. The van der Waals surface area contributed by atoms with Crippen LogP contribution in [-0.4, -0.2) is 49.2 Å². The summed E-state index contributed by atoms with van der Waals surface area (Å²) >= 11 is 0. The van der Waals surface area contributed by atoms with E-state index in [0.717, 1.165) is 18.6 Å². The van der Waals surface area contributed by atoms with Crippen molar-refractivity contribution in [2.75, 3.05) is 18.6 Å². The molecule has 170 valence electrons. The lowest BCUT2D eigenvalue weighted by Gasteiger charge is -2.10. The van der Waals surface area contributed by atoms with Gasteiger partial charge in [-0.05, 0) is 30.7 Å². The standard InChI is InChI=1S/C13H10F3N5O.C7H11NO2/c1-21-6-10(12-19-17-7-22-12)11(20-21)18-9-4-2-8(3-5-9)13(14,15)16;1-2-6-3-4-8(5-9)7(6)10/h2-7H,1H3,(H,18,20);2,6,9H,1,3-5H2. The highest BCUT2D eigenvalue weighted by atomic mass is 19.4. The van der Waals surface area contributed by atoms with Gasteiger partial charge in [-0.2, -0.15) is 18.3 Å². The molecule has 0 radical (unpaired) electrons. The highest BCUT2D eigenvalue weighted by Gasteiger charge is 2.30. The van der Waals surface area contributed by atoms with Crippen LogP contribution in [-0.2, 0) is 18.0 Å². The lowest BCUT2D eigenvalue weighted by atomic mass is 10.1. The third kappa shape index (κ3) is 5.32. The molecule has 1 amide bonds. The molecule has 1 aliphatic heterocycles. The van der Waals surface area contributed by atoms with E-state index in [1.165, 1.54) is 28.1 Å². The van der Waals surface area contributed by atoms with Gasteiger partial charge < -0.3 is 19.7 Å². The van der Waals surface area contributed by atoms with Crippen molar-refractivity contribution in [3.63, 3.8) is 0 Å². The summed E-state index contributed by atoms with van der Waals surface area (Å²) in [6.07, 6.45) is 0.920. The molecule has 1 saturated heterocycles. The summed E-state index contributed by atoms with van der Waals surface area (Å²) in [4.78, 5) is 12.5. The first-order valence-electron chi connectivity index (χ1n) is 9.49. The average molecular weight is 450 g/mol. The summed E-state index contributed by atoms with van der Waals surface area (Å²) in [5, 5.41) is 23.1. The predicted octanol–water partition coefficient (Wildman–Crippen LogP) is 3.20. The molecule has 32 heavy (non-hydrogen) atoms. The number of aliphatic hydroxyl groups excluding tert-OH is 1. The summed E-state index contributed by atoms with van der Waals surface area (Å²) in [5.41, 5.74) is 0.309. The van der Waals surface area contributed by atoms with Crippen LogP contribution in [0.25, 0.3) is 11.5 Å². The van der Waals surface area contributed by atoms with Crippen molar-refractivity contribution in [2.45, 2.75) is 12.6 Å². The van der Waals surface area contributed by atoms with Gasteiger partial charge >= 0.3 is 6.18 Å². The first-order chi connectivity index (χ1) is 15.2. The van der Waals surface area contributed by atoms with Gasteiger partial charge in [0.25, 0.3) is 5.89 Å². The molecule has 4 rings (SSSR count). The van der Waals surface area contributed by atoms with Crippen LogP contribution >= 0.6 is 0 Å². The van der Waals surface area contributed by atoms with Gasteiger partial charge in [-0.15, -0.1) is 16.8 Å². The first-order valence-corrected chi connectivity index (χ1v) is 9.49. The van der Waals surface area contributed by atoms with Gasteiger partial charge in [0.05, 0.1) is 11.5 Å². The van der Waals surface area contributed by atoms with E-state index in [1.54, 1.807) is 19.3 Å². The van der Waals surface area contributed by atoms with Gasteiger partial charge in [0, 0.05) is 25.5 Å². The number of nitrogens with one attached hydrogen (secondary N) is 1. The largest absolute Gasteiger partial charge is 0.423 e. The van der Waals surface area contributed by atoms with Crippen LogP contribution in [0.15, 0.2) is 53.9 Å². The Bertz CT molecular complexity index is 1050. The van der Waals surface area contributed by atoms with E-state index in [2.05, 4.69) is 27.2 Å². The third-order valence-corrected chi connectivity index (χ3v) is 4.69. The smallest absolute Gasteiger partial charge is 0.416 e. The van der Waals surface area contributed by atoms with Gasteiger partial charge in [-0.25, -0.2) is 0 Å². The van der Waals surface area contributed by atoms with Crippen molar-refractivity contribution < 1.29 is 27.5 Å². The molecule has 1 unspecified atom stereocenters. The number of aryl methyl sites for hydroxylation is 1. The normalized spacial score (nSPS) is 16.0. The van der Waals surface area contributed by atoms with E-state index < -0.39 is 11.7 Å². The number of aromatic nitrogens is 4. The fourth-order valence-electron chi connectivity index (χ4n) is 3.03. The number of hydrogen-bond acceptors (Lipinski definition) is 7. The van der Waals surface area contributed by atoms with Crippen LogP contribution in [0.4, 0.5) is 24.7 Å². The molecule has 9 nitrogen and oxygen atoms in total. The maximum atomic E-state index is 12.5. The molecule has 0 bridgehead atoms. The zero-order valence-corrected chi connectivity index (χ0v) is 17.1. The van der Waals surface area contributed by atoms with Gasteiger partial charge in [0.2, 0.25) is 12.3 Å². The summed E-state index contributed by atoms with van der Waals surface area (Å²) in [6, 6.07) is 4.65. The lowest BCUT2D eigenvalue weighted by Crippen LogP contribution is -2.27. The Hall–Kier alpha value is -3.67. The number of alkyl halides is 3. The summed E-state index contributed by atoms with van der Waals surface area (Å²) in [6.45, 7) is 4.03. The van der Waals surface area contributed by atoms with E-state index in [-0.39, 0.29) is 24.4 Å². The van der Waals surface area contributed by atoms with E-state index in [9.17, 15) is 18.0 Å². The lowest BCUT2D eigenvalue weighted by molar-refractivity contribution is -0.137. The number of rotatable bonds is 5. The van der Waals surface area contributed by atoms with Crippen LogP contribution in [0, 0.1) is 5.92 Å². The van der Waals surface area contributed by atoms with Crippen molar-refractivity contribution in [3.05, 3.63) is 55.1 Å². The molecule has 1 fully saturated rings. The van der Waals surface area contributed by atoms with Crippen molar-refractivity contribution in [2.24, 2.45) is 13.0 Å². The fraction of sp³-hybridized carbons (Fsp3) is 0.300. The topological polar surface area (TPSA) is 109 Å². The third-order valence-electron chi connectivity index (χ3n) is 4.69. The van der Waals surface area contributed by atoms with Gasteiger partial charge in [0.15, 0.2) is 5.82 Å². The Morgan fingerprint density at radius 3 is 2.56 bits per heavy atom. The van der Waals surface area contributed by atoms with E-state index in [4.69, 9.17) is 9.52 Å². The van der Waals surface area contributed by atoms with Crippen LogP contribution in [0.5, 0.6) is 0 Å². The monoisotopic (exact) mass is 450 g/mol. The molecule has 3 aromatic rings. The predicted molar refractivity (Wildman–Crippen MR) is 108 cm³/mol. The number of aliphatic hydroxyl groups is 1. The number of halogens is 3. The summed E-state index contributed by atoms with van der Waals surface area (Å²) < 4.78 is 44.3. The molecule has 0 spiro atoms. The first kappa shape index (κ1) is 23.0. The number of nitrogens with zero attached hydrogens (tertiary/aromatic N) is 5. The van der Waals surface area contributed by atoms with Crippen molar-refractivity contribution in [1.29, 1.82) is 0 Å². The summed E-state index contributed by atoms with van der Waals surface area (Å²) in [7, 11) is 1.71. The minimum absolute atomic E-state index is 0.00231. The molecule has 1 aliphatic rings. The van der Waals surface area contributed by atoms with Gasteiger partial charge in [-0.1, -0.05) is 6.08 Å². The Labute approximate surface area is 181 Å². The number of hydrogen-bond donors (Lipinski definition) is 2. The Balaban J connectivity index is 0.000000243. The molecule has 0 aliphatic carbocycles. The van der Waals surface area contributed by atoms with E-state index >= 15 is 0 Å². The second-order valence-electron chi connectivity index (χ2n) is 6.88. The number of carbonyl (C=O) groups is 1. The SMILES string of the molecule is C=CC1CCN(CO)C1=O.Cn1cc(-c2nnco2)c(Nc2ccc(C(F)(F)F)cc2)n1. The second kappa shape index (κ2) is 9.64. The number of anilines is 2.